The number of rotatable bonds is 7. The van der Waals surface area contributed by atoms with Crippen LogP contribution in [0.15, 0.2) is 121 Å². The SMILES string of the molecule is CN(C(=O)c1c(C(=O)C(c2cccc3ccccc23)P(=O)(O)O)ccc2ccccc12)C1CCN(C(=O)c2ccc3ccccc3c2)CC1. The average Bonchev–Trinajstić information content (AvgIpc) is 3.13. The van der Waals surface area contributed by atoms with E-state index in [-0.39, 0.29) is 28.6 Å². The van der Waals surface area contributed by atoms with Gasteiger partial charge in [0.1, 0.15) is 5.66 Å². The third-order valence-electron chi connectivity index (χ3n) is 9.73. The first-order valence-corrected chi connectivity index (χ1v) is 17.9. The topological polar surface area (TPSA) is 115 Å². The molecule has 1 atom stereocenters. The summed E-state index contributed by atoms with van der Waals surface area (Å²) in [6.45, 7) is 0.910. The highest BCUT2D eigenvalue weighted by Crippen LogP contribution is 2.55. The summed E-state index contributed by atoms with van der Waals surface area (Å²) in [6.07, 6.45) is 1.08. The third-order valence-corrected chi connectivity index (χ3v) is 10.9. The van der Waals surface area contributed by atoms with Crippen LogP contribution in [0, 0.1) is 0 Å². The van der Waals surface area contributed by atoms with E-state index in [9.17, 15) is 28.7 Å². The summed E-state index contributed by atoms with van der Waals surface area (Å²) in [7, 11) is -3.36. The van der Waals surface area contributed by atoms with Crippen LogP contribution in [0.4, 0.5) is 0 Å². The Hall–Kier alpha value is -5.14. The van der Waals surface area contributed by atoms with Crippen molar-refractivity contribution < 1.29 is 28.7 Å². The van der Waals surface area contributed by atoms with Crippen molar-refractivity contribution in [1.82, 2.24) is 9.80 Å². The molecule has 0 spiro atoms. The Kier molecular flexibility index (Phi) is 8.63. The molecule has 9 heteroatoms. The minimum atomic E-state index is -5.05. The number of piperidine rings is 1. The van der Waals surface area contributed by atoms with E-state index in [0.717, 1.165) is 21.5 Å². The number of carbonyl (C=O) groups is 3. The standard InChI is InChI=1S/C40H35N2O6P/c1-41(31-21-23-42(24-22-31)39(44)30-18-17-26-9-2-3-12-29(26)25-30)40(45)36-33-15-7-5-11-28(33)19-20-35(36)37(43)38(49(46,47)48)34-16-8-13-27-10-4-6-14-32(27)34/h2-20,25,31,38H,21-24H2,1H3,(H2,46,47,48). The number of amides is 2. The van der Waals surface area contributed by atoms with Gasteiger partial charge in [0.2, 0.25) is 0 Å². The molecule has 1 aliphatic heterocycles. The van der Waals surface area contributed by atoms with Crippen LogP contribution in [0.2, 0.25) is 0 Å². The second-order valence-electron chi connectivity index (χ2n) is 12.6. The van der Waals surface area contributed by atoms with E-state index in [2.05, 4.69) is 0 Å². The molecule has 0 bridgehead atoms. The van der Waals surface area contributed by atoms with Gasteiger partial charge in [0.25, 0.3) is 11.8 Å². The Morgan fingerprint density at radius 3 is 1.98 bits per heavy atom. The number of ketones is 1. The van der Waals surface area contributed by atoms with Crippen LogP contribution < -0.4 is 0 Å². The van der Waals surface area contributed by atoms with Gasteiger partial charge >= 0.3 is 7.60 Å². The molecule has 2 amide bonds. The van der Waals surface area contributed by atoms with E-state index in [1.165, 1.54) is 6.07 Å². The number of Topliss-reactive ketones (excluding diaryl/α,β-unsaturated/α-hetero) is 1. The normalized spacial score (nSPS) is 14.6. The largest absolute Gasteiger partial charge is 0.340 e. The fraction of sp³-hybridized carbons (Fsp3) is 0.175. The summed E-state index contributed by atoms with van der Waals surface area (Å²) in [6, 6.07) is 36.0. The zero-order valence-electron chi connectivity index (χ0n) is 26.9. The molecule has 0 saturated carbocycles. The van der Waals surface area contributed by atoms with E-state index in [0.29, 0.717) is 42.3 Å². The van der Waals surface area contributed by atoms with Crippen LogP contribution in [0.3, 0.4) is 0 Å². The number of hydrogen-bond donors (Lipinski definition) is 2. The first-order chi connectivity index (χ1) is 23.6. The molecule has 2 N–H and O–H groups in total. The Morgan fingerprint density at radius 2 is 1.29 bits per heavy atom. The van der Waals surface area contributed by atoms with Crippen LogP contribution in [0.1, 0.15) is 55.1 Å². The van der Waals surface area contributed by atoms with E-state index >= 15 is 0 Å². The maximum absolute atomic E-state index is 14.5. The van der Waals surface area contributed by atoms with Crippen molar-refractivity contribution in [3.8, 4) is 0 Å². The van der Waals surface area contributed by atoms with Crippen LogP contribution in [0.5, 0.6) is 0 Å². The number of fused-ring (bicyclic) bond motifs is 3. The fourth-order valence-corrected chi connectivity index (χ4v) is 8.15. The molecule has 1 fully saturated rings. The van der Waals surface area contributed by atoms with Crippen LogP contribution >= 0.6 is 7.60 Å². The average molecular weight is 671 g/mol. The smallest absolute Gasteiger partial charge is 0.339 e. The van der Waals surface area contributed by atoms with Crippen LogP contribution in [0.25, 0.3) is 32.3 Å². The molecule has 1 aliphatic rings. The van der Waals surface area contributed by atoms with Gasteiger partial charge in [-0.2, -0.15) is 0 Å². The summed E-state index contributed by atoms with van der Waals surface area (Å²) in [5, 5.41) is 4.61. The molecule has 0 aliphatic carbocycles. The molecule has 1 heterocycles. The van der Waals surface area contributed by atoms with Gasteiger partial charge in [-0.3, -0.25) is 18.9 Å². The lowest BCUT2D eigenvalue weighted by atomic mass is 9.90. The number of nitrogens with zero attached hydrogens (tertiary/aromatic N) is 2. The highest BCUT2D eigenvalue weighted by Gasteiger charge is 2.41. The maximum Gasteiger partial charge on any atom is 0.340 e. The van der Waals surface area contributed by atoms with E-state index in [4.69, 9.17) is 0 Å². The summed E-state index contributed by atoms with van der Waals surface area (Å²) < 4.78 is 13.1. The third kappa shape index (κ3) is 6.15. The molecule has 6 aromatic rings. The molecule has 7 rings (SSSR count). The highest BCUT2D eigenvalue weighted by molar-refractivity contribution is 7.53. The van der Waals surface area contributed by atoms with Gasteiger partial charge in [-0.15, -0.1) is 0 Å². The molecule has 0 aromatic heterocycles. The van der Waals surface area contributed by atoms with Crippen molar-refractivity contribution in [2.24, 2.45) is 0 Å². The van der Waals surface area contributed by atoms with Crippen LogP contribution in [-0.4, -0.2) is 63.4 Å². The first-order valence-electron chi connectivity index (χ1n) is 16.3. The quantitative estimate of drug-likeness (QED) is 0.133. The molecular weight excluding hydrogens is 635 g/mol. The highest BCUT2D eigenvalue weighted by atomic mass is 31.2. The van der Waals surface area contributed by atoms with Gasteiger partial charge in [-0.25, -0.2) is 0 Å². The van der Waals surface area contributed by atoms with Crippen molar-refractivity contribution in [2.45, 2.75) is 24.5 Å². The summed E-state index contributed by atoms with van der Waals surface area (Å²) in [5.41, 5.74) is -0.910. The lowest BCUT2D eigenvalue weighted by Gasteiger charge is -2.37. The Labute approximate surface area is 283 Å². The fourth-order valence-electron chi connectivity index (χ4n) is 7.12. The van der Waals surface area contributed by atoms with Gasteiger partial charge in [-0.05, 0) is 68.9 Å². The molecule has 6 aromatic carbocycles. The van der Waals surface area contributed by atoms with Gasteiger partial charge in [0.15, 0.2) is 5.78 Å². The van der Waals surface area contributed by atoms with Gasteiger partial charge < -0.3 is 19.6 Å². The number of carbonyl (C=O) groups excluding carboxylic acids is 3. The number of benzene rings is 6. The second-order valence-corrected chi connectivity index (χ2v) is 14.3. The first kappa shape index (κ1) is 32.4. The summed E-state index contributed by atoms with van der Waals surface area (Å²) in [4.78, 5) is 67.0. The van der Waals surface area contributed by atoms with E-state index < -0.39 is 24.9 Å². The number of hydrogen-bond acceptors (Lipinski definition) is 4. The zero-order chi connectivity index (χ0) is 34.3. The molecule has 1 saturated heterocycles. The van der Waals surface area contributed by atoms with Crippen molar-refractivity contribution in [3.63, 3.8) is 0 Å². The monoisotopic (exact) mass is 670 g/mol. The Morgan fingerprint density at radius 1 is 0.714 bits per heavy atom. The summed E-state index contributed by atoms with van der Waals surface area (Å²) in [5.74, 6) is -1.29. The molecule has 49 heavy (non-hydrogen) atoms. The van der Waals surface area contributed by atoms with Gasteiger partial charge in [-0.1, -0.05) is 103 Å². The Bertz CT molecular complexity index is 2300. The molecule has 0 radical (unpaired) electrons. The van der Waals surface area contributed by atoms with Crippen molar-refractivity contribution in [1.29, 1.82) is 0 Å². The van der Waals surface area contributed by atoms with Crippen molar-refractivity contribution in [2.75, 3.05) is 20.1 Å². The second kappa shape index (κ2) is 13.1. The predicted octanol–water partition coefficient (Wildman–Crippen LogP) is 7.62. The Balaban J connectivity index is 1.19. The lowest BCUT2D eigenvalue weighted by Crippen LogP contribution is -2.47. The van der Waals surface area contributed by atoms with Crippen LogP contribution in [-0.2, 0) is 4.57 Å². The lowest BCUT2D eigenvalue weighted by molar-refractivity contribution is 0.0568. The van der Waals surface area contributed by atoms with Crippen molar-refractivity contribution in [3.05, 3.63) is 144 Å². The predicted molar refractivity (Wildman–Crippen MR) is 192 cm³/mol. The molecule has 1 unspecified atom stereocenters. The van der Waals surface area contributed by atoms with Gasteiger partial charge in [0, 0.05) is 37.3 Å². The minimum absolute atomic E-state index is 0.0410. The van der Waals surface area contributed by atoms with Gasteiger partial charge in [0.05, 0.1) is 5.56 Å². The van der Waals surface area contributed by atoms with E-state index in [1.54, 1.807) is 59.3 Å². The molecule has 246 valence electrons. The molecule has 8 nitrogen and oxygen atoms in total. The molecular formula is C40H35N2O6P. The van der Waals surface area contributed by atoms with Crippen molar-refractivity contribution >= 4 is 57.5 Å². The zero-order valence-corrected chi connectivity index (χ0v) is 27.8. The minimum Gasteiger partial charge on any atom is -0.339 e. The number of likely N-dealkylation sites (tertiary alicyclic amines) is 1. The van der Waals surface area contributed by atoms with E-state index in [1.807, 2.05) is 72.8 Å². The maximum atomic E-state index is 14.5. The summed E-state index contributed by atoms with van der Waals surface area (Å²) >= 11 is 0.